The van der Waals surface area contributed by atoms with Crippen LogP contribution in [0.25, 0.3) is 0 Å². The van der Waals surface area contributed by atoms with Gasteiger partial charge in [-0.1, -0.05) is 6.07 Å². The second-order valence-corrected chi connectivity index (χ2v) is 4.99. The maximum Gasteiger partial charge on any atom is 0.126 e. The number of nitrogens with one attached hydrogen (secondary N) is 1. The summed E-state index contributed by atoms with van der Waals surface area (Å²) < 4.78 is 13.2. The van der Waals surface area contributed by atoms with E-state index in [0.717, 1.165) is 32.4 Å². The van der Waals surface area contributed by atoms with Crippen molar-refractivity contribution in [2.75, 3.05) is 25.5 Å². The van der Waals surface area contributed by atoms with Crippen LogP contribution >= 0.6 is 0 Å². The van der Waals surface area contributed by atoms with E-state index in [0.29, 0.717) is 5.69 Å². The molecule has 0 aromatic heterocycles. The van der Waals surface area contributed by atoms with Crippen molar-refractivity contribution in [3.8, 4) is 6.07 Å². The van der Waals surface area contributed by atoms with E-state index in [9.17, 15) is 9.65 Å². The molecule has 96 valence electrons. The Labute approximate surface area is 107 Å². The van der Waals surface area contributed by atoms with Crippen LogP contribution in [0.2, 0.25) is 0 Å². The van der Waals surface area contributed by atoms with E-state index < -0.39 is 5.54 Å². The number of hydrogen-bond donors (Lipinski definition) is 1. The number of anilines is 1. The zero-order valence-corrected chi connectivity index (χ0v) is 10.6. The first-order valence-corrected chi connectivity index (χ1v) is 6.27. The second kappa shape index (κ2) is 5.36. The molecule has 1 fully saturated rings. The molecule has 1 heterocycles. The summed E-state index contributed by atoms with van der Waals surface area (Å²) in [5, 5.41) is 12.7. The first-order valence-electron chi connectivity index (χ1n) is 6.27. The van der Waals surface area contributed by atoms with Crippen LogP contribution in [0.4, 0.5) is 10.1 Å². The summed E-state index contributed by atoms with van der Waals surface area (Å²) in [4.78, 5) is 2.23. The van der Waals surface area contributed by atoms with Gasteiger partial charge in [-0.25, -0.2) is 4.39 Å². The van der Waals surface area contributed by atoms with Crippen molar-refractivity contribution >= 4 is 5.69 Å². The highest BCUT2D eigenvalue weighted by atomic mass is 19.1. The van der Waals surface area contributed by atoms with Gasteiger partial charge in [0.1, 0.15) is 11.4 Å². The molecule has 0 amide bonds. The third kappa shape index (κ3) is 2.99. The molecule has 1 aromatic rings. The van der Waals surface area contributed by atoms with Gasteiger partial charge in [0, 0.05) is 12.2 Å². The standard InChI is InChI=1S/C14H18FN3/c1-18-8-3-6-14(11-16,7-9-18)17-13-5-2-4-12(15)10-13/h2,4-5,10,17H,3,6-9H2,1H3. The third-order valence-electron chi connectivity index (χ3n) is 3.49. The molecule has 1 atom stereocenters. The molecule has 3 nitrogen and oxygen atoms in total. The molecule has 1 N–H and O–H groups in total. The smallest absolute Gasteiger partial charge is 0.126 e. The summed E-state index contributed by atoms with van der Waals surface area (Å²) in [6, 6.07) is 8.69. The van der Waals surface area contributed by atoms with E-state index >= 15 is 0 Å². The molecule has 1 aromatic carbocycles. The monoisotopic (exact) mass is 247 g/mol. The predicted molar refractivity (Wildman–Crippen MR) is 69.7 cm³/mol. The Kier molecular flexibility index (Phi) is 3.83. The molecule has 18 heavy (non-hydrogen) atoms. The fraction of sp³-hybridized carbons (Fsp3) is 0.500. The summed E-state index contributed by atoms with van der Waals surface area (Å²) >= 11 is 0. The van der Waals surface area contributed by atoms with Gasteiger partial charge >= 0.3 is 0 Å². The van der Waals surface area contributed by atoms with Crippen molar-refractivity contribution in [3.63, 3.8) is 0 Å². The molecule has 1 unspecified atom stereocenters. The van der Waals surface area contributed by atoms with Gasteiger partial charge in [0.25, 0.3) is 0 Å². The van der Waals surface area contributed by atoms with Gasteiger partial charge in [-0.15, -0.1) is 0 Å². The van der Waals surface area contributed by atoms with Crippen molar-refractivity contribution in [2.24, 2.45) is 0 Å². The average molecular weight is 247 g/mol. The van der Waals surface area contributed by atoms with E-state index in [1.54, 1.807) is 12.1 Å². The lowest BCUT2D eigenvalue weighted by Crippen LogP contribution is -2.37. The topological polar surface area (TPSA) is 39.1 Å². The third-order valence-corrected chi connectivity index (χ3v) is 3.49. The van der Waals surface area contributed by atoms with Gasteiger partial charge < -0.3 is 10.2 Å². The van der Waals surface area contributed by atoms with Crippen LogP contribution in [0.1, 0.15) is 19.3 Å². The first-order chi connectivity index (χ1) is 8.63. The molecule has 1 aliphatic heterocycles. The zero-order valence-electron chi connectivity index (χ0n) is 10.6. The van der Waals surface area contributed by atoms with Gasteiger partial charge in [-0.3, -0.25) is 0 Å². The average Bonchev–Trinajstić information content (AvgIpc) is 2.53. The van der Waals surface area contributed by atoms with Crippen LogP contribution in [0.5, 0.6) is 0 Å². The Morgan fingerprint density at radius 1 is 1.39 bits per heavy atom. The van der Waals surface area contributed by atoms with Crippen molar-refractivity contribution in [1.29, 1.82) is 5.26 Å². The maximum absolute atomic E-state index is 13.2. The predicted octanol–water partition coefficient (Wildman–Crippen LogP) is 2.62. The van der Waals surface area contributed by atoms with Crippen molar-refractivity contribution in [2.45, 2.75) is 24.8 Å². The number of rotatable bonds is 2. The summed E-state index contributed by atoms with van der Waals surface area (Å²) in [6.45, 7) is 1.89. The van der Waals surface area contributed by atoms with Crippen LogP contribution in [0, 0.1) is 17.1 Å². The Hall–Kier alpha value is -1.60. The number of nitrogens with zero attached hydrogens (tertiary/aromatic N) is 2. The van der Waals surface area contributed by atoms with Crippen LogP contribution in [-0.2, 0) is 0 Å². The van der Waals surface area contributed by atoms with Gasteiger partial charge in [0.15, 0.2) is 0 Å². The SMILES string of the molecule is CN1CCCC(C#N)(Nc2cccc(F)c2)CC1. The second-order valence-electron chi connectivity index (χ2n) is 4.99. The fourth-order valence-corrected chi connectivity index (χ4v) is 2.38. The number of hydrogen-bond acceptors (Lipinski definition) is 3. The summed E-state index contributed by atoms with van der Waals surface area (Å²) in [6.07, 6.45) is 2.53. The molecule has 2 rings (SSSR count). The maximum atomic E-state index is 13.2. The lowest BCUT2D eigenvalue weighted by Gasteiger charge is -2.27. The normalized spacial score (nSPS) is 25.2. The Balaban J connectivity index is 2.15. The molecule has 0 spiro atoms. The lowest BCUT2D eigenvalue weighted by atomic mass is 9.92. The largest absolute Gasteiger partial charge is 0.367 e. The molecule has 0 saturated carbocycles. The van der Waals surface area contributed by atoms with Crippen molar-refractivity contribution in [1.82, 2.24) is 4.90 Å². The molecule has 0 bridgehead atoms. The van der Waals surface area contributed by atoms with Gasteiger partial charge in [-0.2, -0.15) is 5.26 Å². The Morgan fingerprint density at radius 2 is 2.22 bits per heavy atom. The number of halogens is 1. The van der Waals surface area contributed by atoms with Gasteiger partial charge in [0.05, 0.1) is 6.07 Å². The quantitative estimate of drug-likeness (QED) is 0.873. The van der Waals surface area contributed by atoms with Gasteiger partial charge in [-0.05, 0) is 51.1 Å². The molecular weight excluding hydrogens is 229 g/mol. The Bertz CT molecular complexity index is 455. The molecule has 4 heteroatoms. The minimum atomic E-state index is -0.571. The fourth-order valence-electron chi connectivity index (χ4n) is 2.38. The molecule has 1 saturated heterocycles. The molecule has 0 aliphatic carbocycles. The van der Waals surface area contributed by atoms with E-state index in [-0.39, 0.29) is 5.82 Å². The zero-order chi connectivity index (χ0) is 13.0. The minimum Gasteiger partial charge on any atom is -0.367 e. The van der Waals surface area contributed by atoms with Crippen LogP contribution < -0.4 is 5.32 Å². The highest BCUT2D eigenvalue weighted by Gasteiger charge is 2.31. The summed E-state index contributed by atoms with van der Waals surface area (Å²) in [5.41, 5.74) is 0.111. The summed E-state index contributed by atoms with van der Waals surface area (Å²) in [5.74, 6) is -0.279. The Morgan fingerprint density at radius 3 is 2.94 bits per heavy atom. The number of nitriles is 1. The first kappa shape index (κ1) is 12.8. The van der Waals surface area contributed by atoms with Crippen LogP contribution in [0.15, 0.2) is 24.3 Å². The van der Waals surface area contributed by atoms with E-state index in [1.807, 2.05) is 0 Å². The van der Waals surface area contributed by atoms with Crippen molar-refractivity contribution < 1.29 is 4.39 Å². The minimum absolute atomic E-state index is 0.279. The molecular formula is C14H18FN3. The van der Waals surface area contributed by atoms with E-state index in [4.69, 9.17) is 0 Å². The highest BCUT2D eigenvalue weighted by molar-refractivity contribution is 5.48. The number of benzene rings is 1. The molecule has 0 radical (unpaired) electrons. The number of likely N-dealkylation sites (tertiary alicyclic amines) is 1. The van der Waals surface area contributed by atoms with E-state index in [1.165, 1.54) is 12.1 Å². The van der Waals surface area contributed by atoms with Crippen LogP contribution in [0.3, 0.4) is 0 Å². The highest BCUT2D eigenvalue weighted by Crippen LogP contribution is 2.26. The van der Waals surface area contributed by atoms with E-state index in [2.05, 4.69) is 23.3 Å². The van der Waals surface area contributed by atoms with Gasteiger partial charge in [0.2, 0.25) is 0 Å². The van der Waals surface area contributed by atoms with Crippen LogP contribution in [-0.4, -0.2) is 30.6 Å². The summed E-state index contributed by atoms with van der Waals surface area (Å²) in [7, 11) is 2.07. The lowest BCUT2D eigenvalue weighted by molar-refractivity contribution is 0.345. The molecule has 1 aliphatic rings. The van der Waals surface area contributed by atoms with Crippen molar-refractivity contribution in [3.05, 3.63) is 30.1 Å².